The quantitative estimate of drug-likeness (QED) is 0.669. The lowest BCUT2D eigenvalue weighted by Gasteiger charge is -2.21. The number of hydrogen-bond acceptors (Lipinski definition) is 2. The lowest BCUT2D eigenvalue weighted by molar-refractivity contribution is 0.0213. The van der Waals surface area contributed by atoms with E-state index in [4.69, 9.17) is 4.74 Å². The molecule has 1 aliphatic rings. The maximum atomic E-state index is 12.0. The molecule has 14 heavy (non-hydrogen) atoms. The summed E-state index contributed by atoms with van der Waals surface area (Å²) in [5.74, 6) is 0.107. The molecule has 2 heteroatoms. The summed E-state index contributed by atoms with van der Waals surface area (Å²) in [6, 6.07) is 9.36. The number of rotatable bonds is 2. The van der Waals surface area contributed by atoms with Crippen molar-refractivity contribution in [1.29, 1.82) is 0 Å². The van der Waals surface area contributed by atoms with Crippen LogP contribution < -0.4 is 0 Å². The van der Waals surface area contributed by atoms with Gasteiger partial charge in [-0.05, 0) is 19.8 Å². The van der Waals surface area contributed by atoms with Crippen LogP contribution in [0.15, 0.2) is 30.3 Å². The van der Waals surface area contributed by atoms with Gasteiger partial charge in [0.2, 0.25) is 0 Å². The van der Waals surface area contributed by atoms with Gasteiger partial charge in [0.1, 0.15) is 5.60 Å². The third kappa shape index (κ3) is 1.58. The summed E-state index contributed by atoms with van der Waals surface area (Å²) in [4.78, 5) is 12.0. The van der Waals surface area contributed by atoms with Crippen LogP contribution in [-0.4, -0.2) is 18.0 Å². The highest BCUT2D eigenvalue weighted by molar-refractivity contribution is 6.02. The first kappa shape index (κ1) is 9.41. The molecule has 2 rings (SSSR count). The monoisotopic (exact) mass is 190 g/mol. The van der Waals surface area contributed by atoms with Crippen molar-refractivity contribution in [3.8, 4) is 0 Å². The maximum absolute atomic E-state index is 12.0. The third-order valence-corrected chi connectivity index (χ3v) is 2.74. The molecule has 0 saturated carbocycles. The first-order valence-corrected chi connectivity index (χ1v) is 4.96. The Bertz CT molecular complexity index is 323. The fourth-order valence-corrected chi connectivity index (χ4v) is 1.85. The molecule has 1 atom stereocenters. The predicted molar refractivity (Wildman–Crippen MR) is 54.4 cm³/mol. The van der Waals surface area contributed by atoms with E-state index in [1.54, 1.807) is 0 Å². The van der Waals surface area contributed by atoms with Crippen molar-refractivity contribution >= 4 is 5.78 Å². The number of hydrogen-bond donors (Lipinski definition) is 0. The Morgan fingerprint density at radius 3 is 2.64 bits per heavy atom. The molecule has 0 bridgehead atoms. The second-order valence-corrected chi connectivity index (χ2v) is 3.88. The van der Waals surface area contributed by atoms with E-state index in [1.807, 2.05) is 37.3 Å². The molecule has 0 N–H and O–H groups in total. The van der Waals surface area contributed by atoms with Gasteiger partial charge in [0.15, 0.2) is 5.78 Å². The minimum Gasteiger partial charge on any atom is -0.367 e. The van der Waals surface area contributed by atoms with Crippen LogP contribution in [0.25, 0.3) is 0 Å². The zero-order chi connectivity index (χ0) is 10.0. The summed E-state index contributed by atoms with van der Waals surface area (Å²) in [6.07, 6.45) is 1.82. The zero-order valence-electron chi connectivity index (χ0n) is 8.32. The molecule has 0 aliphatic carbocycles. The Hall–Kier alpha value is -1.15. The van der Waals surface area contributed by atoms with E-state index < -0.39 is 5.60 Å². The number of carbonyl (C=O) groups excluding carboxylic acids is 1. The van der Waals surface area contributed by atoms with Gasteiger partial charge in [-0.2, -0.15) is 0 Å². The molecule has 1 aromatic carbocycles. The van der Waals surface area contributed by atoms with Crippen molar-refractivity contribution in [1.82, 2.24) is 0 Å². The second kappa shape index (κ2) is 3.54. The van der Waals surface area contributed by atoms with Crippen molar-refractivity contribution < 1.29 is 9.53 Å². The van der Waals surface area contributed by atoms with Gasteiger partial charge in [0, 0.05) is 12.2 Å². The third-order valence-electron chi connectivity index (χ3n) is 2.74. The Labute approximate surface area is 83.9 Å². The predicted octanol–water partition coefficient (Wildman–Crippen LogP) is 2.44. The average Bonchev–Trinajstić information content (AvgIpc) is 2.67. The molecule has 74 valence electrons. The van der Waals surface area contributed by atoms with Crippen molar-refractivity contribution in [2.45, 2.75) is 25.4 Å². The summed E-state index contributed by atoms with van der Waals surface area (Å²) in [5.41, 5.74) is 0.165. The normalized spacial score (nSPS) is 26.4. The highest BCUT2D eigenvalue weighted by Crippen LogP contribution is 2.28. The Morgan fingerprint density at radius 2 is 2.07 bits per heavy atom. The standard InChI is InChI=1S/C12H14O2/c1-12(8-5-9-14-12)11(13)10-6-3-2-4-7-10/h2-4,6-7H,5,8-9H2,1H3. The molecule has 1 heterocycles. The van der Waals surface area contributed by atoms with Crippen LogP contribution in [-0.2, 0) is 4.74 Å². The molecule has 0 amide bonds. The zero-order valence-corrected chi connectivity index (χ0v) is 8.32. The molecule has 1 unspecified atom stereocenters. The van der Waals surface area contributed by atoms with Crippen LogP contribution in [0.3, 0.4) is 0 Å². The topological polar surface area (TPSA) is 26.3 Å². The van der Waals surface area contributed by atoms with Gasteiger partial charge in [-0.25, -0.2) is 0 Å². The summed E-state index contributed by atoms with van der Waals surface area (Å²) in [7, 11) is 0. The molecule has 1 aromatic rings. The Morgan fingerprint density at radius 1 is 1.36 bits per heavy atom. The van der Waals surface area contributed by atoms with E-state index in [9.17, 15) is 4.79 Å². The smallest absolute Gasteiger partial charge is 0.194 e. The van der Waals surface area contributed by atoms with Gasteiger partial charge < -0.3 is 4.74 Å². The molecule has 2 nitrogen and oxygen atoms in total. The maximum Gasteiger partial charge on any atom is 0.194 e. The highest BCUT2D eigenvalue weighted by Gasteiger charge is 2.37. The van der Waals surface area contributed by atoms with Crippen LogP contribution in [0.4, 0.5) is 0 Å². The Kier molecular flexibility index (Phi) is 2.38. The van der Waals surface area contributed by atoms with Gasteiger partial charge in [0.25, 0.3) is 0 Å². The first-order chi connectivity index (χ1) is 6.72. The Balaban J connectivity index is 2.24. The summed E-state index contributed by atoms with van der Waals surface area (Å²) in [5, 5.41) is 0. The molecule has 0 aromatic heterocycles. The van der Waals surface area contributed by atoms with Gasteiger partial charge in [0.05, 0.1) is 0 Å². The molecule has 1 saturated heterocycles. The highest BCUT2D eigenvalue weighted by atomic mass is 16.5. The molecular formula is C12H14O2. The first-order valence-electron chi connectivity index (χ1n) is 4.96. The van der Waals surface area contributed by atoms with Crippen molar-refractivity contribution in [2.75, 3.05) is 6.61 Å². The molecule has 0 spiro atoms. The van der Waals surface area contributed by atoms with Crippen molar-refractivity contribution in [3.63, 3.8) is 0 Å². The van der Waals surface area contributed by atoms with E-state index in [2.05, 4.69) is 0 Å². The van der Waals surface area contributed by atoms with Gasteiger partial charge in [-0.1, -0.05) is 30.3 Å². The van der Waals surface area contributed by atoms with E-state index >= 15 is 0 Å². The van der Waals surface area contributed by atoms with Crippen molar-refractivity contribution in [2.24, 2.45) is 0 Å². The van der Waals surface area contributed by atoms with Crippen LogP contribution in [0.1, 0.15) is 30.1 Å². The lowest BCUT2D eigenvalue weighted by atomic mass is 9.92. The second-order valence-electron chi connectivity index (χ2n) is 3.88. The minimum absolute atomic E-state index is 0.107. The van der Waals surface area contributed by atoms with E-state index in [-0.39, 0.29) is 5.78 Å². The SMILES string of the molecule is CC1(C(=O)c2ccccc2)CCCO1. The molecule has 0 radical (unpaired) electrons. The largest absolute Gasteiger partial charge is 0.367 e. The lowest BCUT2D eigenvalue weighted by Crippen LogP contribution is -2.34. The molecule has 1 aliphatic heterocycles. The average molecular weight is 190 g/mol. The molecule has 1 fully saturated rings. The van der Waals surface area contributed by atoms with Crippen LogP contribution >= 0.6 is 0 Å². The van der Waals surface area contributed by atoms with Gasteiger partial charge in [-0.15, -0.1) is 0 Å². The van der Waals surface area contributed by atoms with Crippen LogP contribution in [0.2, 0.25) is 0 Å². The van der Waals surface area contributed by atoms with Gasteiger partial charge in [-0.3, -0.25) is 4.79 Å². The molecular weight excluding hydrogens is 176 g/mol. The number of Topliss-reactive ketones (excluding diaryl/α,β-unsaturated/α-hetero) is 1. The number of carbonyl (C=O) groups is 1. The summed E-state index contributed by atoms with van der Waals surface area (Å²) < 4.78 is 5.51. The van der Waals surface area contributed by atoms with Gasteiger partial charge >= 0.3 is 0 Å². The summed E-state index contributed by atoms with van der Waals surface area (Å²) >= 11 is 0. The van der Waals surface area contributed by atoms with Crippen molar-refractivity contribution in [3.05, 3.63) is 35.9 Å². The fraction of sp³-hybridized carbons (Fsp3) is 0.417. The van der Waals surface area contributed by atoms with E-state index in [0.29, 0.717) is 6.61 Å². The van der Waals surface area contributed by atoms with E-state index in [0.717, 1.165) is 18.4 Å². The van der Waals surface area contributed by atoms with Crippen LogP contribution in [0, 0.1) is 0 Å². The number of ketones is 1. The number of ether oxygens (including phenoxy) is 1. The summed E-state index contributed by atoms with van der Waals surface area (Å²) in [6.45, 7) is 2.59. The minimum atomic E-state index is -0.582. The van der Waals surface area contributed by atoms with Crippen LogP contribution in [0.5, 0.6) is 0 Å². The number of benzene rings is 1. The fourth-order valence-electron chi connectivity index (χ4n) is 1.85. The van der Waals surface area contributed by atoms with E-state index in [1.165, 1.54) is 0 Å².